The van der Waals surface area contributed by atoms with Crippen LogP contribution in [0.1, 0.15) is 26.7 Å². The summed E-state index contributed by atoms with van der Waals surface area (Å²) in [4.78, 5) is 11.9. The van der Waals surface area contributed by atoms with Gasteiger partial charge in [-0.3, -0.25) is 4.79 Å². The molecule has 0 aliphatic rings. The van der Waals surface area contributed by atoms with Gasteiger partial charge in [0.25, 0.3) is 0 Å². The number of rotatable bonds is 7. The van der Waals surface area contributed by atoms with Gasteiger partial charge in [0.2, 0.25) is 0 Å². The number of aryl methyl sites for hydroxylation is 1. The zero-order valence-electron chi connectivity index (χ0n) is 14.0. The van der Waals surface area contributed by atoms with E-state index in [1.807, 2.05) is 54.6 Å². The fourth-order valence-corrected chi connectivity index (χ4v) is 1.88. The van der Waals surface area contributed by atoms with Crippen molar-refractivity contribution >= 4 is 5.97 Å². The molecule has 0 radical (unpaired) electrons. The molecule has 3 heteroatoms. The van der Waals surface area contributed by atoms with Gasteiger partial charge >= 0.3 is 5.97 Å². The molecule has 0 unspecified atom stereocenters. The quantitative estimate of drug-likeness (QED) is 0.727. The van der Waals surface area contributed by atoms with Gasteiger partial charge < -0.3 is 9.47 Å². The summed E-state index contributed by atoms with van der Waals surface area (Å²) in [6.45, 7) is 0.0850. The Labute approximate surface area is 128 Å². The Bertz CT molecular complexity index is 624. The Morgan fingerprint density at radius 1 is 1.05 bits per heavy atom. The smallest absolute Gasteiger partial charge is 0.306 e. The van der Waals surface area contributed by atoms with Gasteiger partial charge in [-0.05, 0) is 36.1 Å². The summed E-state index contributed by atoms with van der Waals surface area (Å²) in [5.74, 6) is -0.0751. The first-order valence-corrected chi connectivity index (χ1v) is 6.85. The van der Waals surface area contributed by atoms with E-state index in [-0.39, 0.29) is 13.0 Å². The largest absolute Gasteiger partial charge is 0.497 e. The van der Waals surface area contributed by atoms with Crippen molar-refractivity contribution in [3.63, 3.8) is 0 Å². The minimum Gasteiger partial charge on any atom is -0.497 e. The maximum absolute atomic E-state index is 11.9. The normalized spacial score (nSPS) is 12.2. The van der Waals surface area contributed by atoms with Crippen molar-refractivity contribution in [2.45, 2.75) is 25.8 Å². The number of methoxy groups -OCH3 is 1. The fourth-order valence-electron chi connectivity index (χ4n) is 1.88. The van der Waals surface area contributed by atoms with Crippen LogP contribution in [-0.2, 0) is 22.6 Å². The highest BCUT2D eigenvalue weighted by Crippen LogP contribution is 2.13. The molecule has 0 aliphatic carbocycles. The first-order chi connectivity index (χ1) is 11.0. The third-order valence-corrected chi connectivity index (χ3v) is 3.05. The highest BCUT2D eigenvalue weighted by atomic mass is 16.5. The van der Waals surface area contributed by atoms with Crippen LogP contribution in [-0.4, -0.2) is 13.1 Å². The first-order valence-electron chi connectivity index (χ1n) is 7.85. The van der Waals surface area contributed by atoms with Gasteiger partial charge in [-0.1, -0.05) is 42.5 Å². The van der Waals surface area contributed by atoms with Gasteiger partial charge in [-0.15, -0.1) is 0 Å². The van der Waals surface area contributed by atoms with Gasteiger partial charge in [-0.2, -0.15) is 0 Å². The molecule has 0 amide bonds. The molecule has 110 valence electrons. The molecule has 0 bridgehead atoms. The summed E-state index contributed by atoms with van der Waals surface area (Å²) in [5.41, 5.74) is 1.79. The molecular formula is C18H20O3. The monoisotopic (exact) mass is 286 g/mol. The average molecular weight is 286 g/mol. The van der Waals surface area contributed by atoms with E-state index in [1.165, 1.54) is 0 Å². The molecule has 0 heterocycles. The summed E-state index contributed by atoms with van der Waals surface area (Å²) in [7, 11) is 1.59. The van der Waals surface area contributed by atoms with Gasteiger partial charge in [0.05, 0.1) is 7.11 Å². The number of ether oxygens (including phenoxy) is 2. The van der Waals surface area contributed by atoms with Gasteiger partial charge in [0.1, 0.15) is 12.4 Å². The number of carbonyl (C=O) groups is 1. The maximum atomic E-state index is 11.9. The summed E-state index contributed by atoms with van der Waals surface area (Å²) < 4.78 is 25.9. The molecule has 0 spiro atoms. The lowest BCUT2D eigenvalue weighted by Crippen LogP contribution is -2.04. The molecule has 2 aromatic carbocycles. The van der Waals surface area contributed by atoms with Crippen LogP contribution < -0.4 is 4.74 Å². The number of hydrogen-bond donors (Lipinski definition) is 0. The van der Waals surface area contributed by atoms with Crippen LogP contribution in [0.3, 0.4) is 0 Å². The van der Waals surface area contributed by atoms with E-state index >= 15 is 0 Å². The molecule has 0 aromatic heterocycles. The van der Waals surface area contributed by atoms with E-state index in [9.17, 15) is 4.79 Å². The van der Waals surface area contributed by atoms with Crippen molar-refractivity contribution in [1.82, 2.24) is 0 Å². The molecule has 2 aromatic rings. The van der Waals surface area contributed by atoms with E-state index < -0.39 is 12.3 Å². The van der Waals surface area contributed by atoms with E-state index in [2.05, 4.69) is 0 Å². The standard InChI is InChI=1S/C18H20O3/c1-20-17-12-10-15(11-13-17)8-5-9-18(19)21-14-16-6-3-2-4-7-16/h2-4,6-7,10-13H,5,8-9,14H2,1H3/i9D2. The predicted molar refractivity (Wildman–Crippen MR) is 82.2 cm³/mol. The third-order valence-electron chi connectivity index (χ3n) is 3.05. The molecule has 0 aliphatic heterocycles. The Morgan fingerprint density at radius 2 is 1.76 bits per heavy atom. The van der Waals surface area contributed by atoms with Crippen LogP contribution in [0.25, 0.3) is 0 Å². The Morgan fingerprint density at radius 3 is 2.43 bits per heavy atom. The molecule has 0 saturated carbocycles. The topological polar surface area (TPSA) is 35.5 Å². The minimum atomic E-state index is -2.01. The summed E-state index contributed by atoms with van der Waals surface area (Å²) in [5, 5.41) is 0. The number of carbonyl (C=O) groups excluding carboxylic acids is 1. The number of hydrogen-bond acceptors (Lipinski definition) is 3. The van der Waals surface area contributed by atoms with Crippen LogP contribution in [0.4, 0.5) is 0 Å². The molecule has 0 N–H and O–H groups in total. The molecule has 0 saturated heterocycles. The van der Waals surface area contributed by atoms with Crippen molar-refractivity contribution in [3.05, 3.63) is 65.7 Å². The van der Waals surface area contributed by atoms with E-state index in [1.54, 1.807) is 7.11 Å². The first kappa shape index (κ1) is 12.5. The second-order valence-electron chi connectivity index (χ2n) is 4.59. The summed E-state index contributed by atoms with van der Waals surface area (Å²) >= 11 is 0. The van der Waals surface area contributed by atoms with Crippen LogP contribution in [0.15, 0.2) is 54.6 Å². The molecule has 0 atom stereocenters. The Kier molecular flexibility index (Phi) is 4.80. The van der Waals surface area contributed by atoms with E-state index in [4.69, 9.17) is 12.2 Å². The summed E-state index contributed by atoms with van der Waals surface area (Å²) in [6.07, 6.45) is -1.47. The molecular weight excluding hydrogens is 264 g/mol. The van der Waals surface area contributed by atoms with Crippen LogP contribution in [0.2, 0.25) is 0 Å². The van der Waals surface area contributed by atoms with Crippen molar-refractivity contribution in [3.8, 4) is 5.75 Å². The third kappa shape index (κ3) is 5.30. The summed E-state index contributed by atoms with van der Waals surface area (Å²) in [6, 6.07) is 16.6. The van der Waals surface area contributed by atoms with Crippen LogP contribution in [0.5, 0.6) is 5.75 Å². The van der Waals surface area contributed by atoms with Crippen LogP contribution >= 0.6 is 0 Å². The maximum Gasteiger partial charge on any atom is 0.306 e. The molecule has 21 heavy (non-hydrogen) atoms. The highest BCUT2D eigenvalue weighted by Gasteiger charge is 2.04. The minimum absolute atomic E-state index is 0.0763. The van der Waals surface area contributed by atoms with E-state index in [0.29, 0.717) is 6.42 Å². The average Bonchev–Trinajstić information content (AvgIpc) is 2.59. The SMILES string of the molecule is [2H]C([2H])(CCc1ccc(OC)cc1)C(=O)OCc1ccccc1. The zero-order valence-corrected chi connectivity index (χ0v) is 12.0. The number of esters is 1. The second-order valence-corrected chi connectivity index (χ2v) is 4.59. The molecule has 0 fully saturated rings. The predicted octanol–water partition coefficient (Wildman–Crippen LogP) is 3.76. The van der Waals surface area contributed by atoms with Crippen molar-refractivity contribution in [1.29, 1.82) is 0 Å². The lowest BCUT2D eigenvalue weighted by molar-refractivity contribution is -0.145. The second kappa shape index (κ2) is 8.10. The fraction of sp³-hybridized carbons (Fsp3) is 0.278. The van der Waals surface area contributed by atoms with Gasteiger partial charge in [-0.25, -0.2) is 0 Å². The van der Waals surface area contributed by atoms with Gasteiger partial charge in [0, 0.05) is 9.11 Å². The lowest BCUT2D eigenvalue weighted by atomic mass is 10.1. The van der Waals surface area contributed by atoms with Crippen molar-refractivity contribution in [2.24, 2.45) is 0 Å². The highest BCUT2D eigenvalue weighted by molar-refractivity contribution is 5.69. The molecule has 2 rings (SSSR count). The Balaban J connectivity index is 1.85. The van der Waals surface area contributed by atoms with Gasteiger partial charge in [0.15, 0.2) is 0 Å². The number of benzene rings is 2. The van der Waals surface area contributed by atoms with E-state index in [0.717, 1.165) is 16.9 Å². The van der Waals surface area contributed by atoms with Crippen molar-refractivity contribution in [2.75, 3.05) is 7.11 Å². The van der Waals surface area contributed by atoms with Crippen LogP contribution in [0, 0.1) is 0 Å². The zero-order chi connectivity index (χ0) is 16.7. The lowest BCUT2D eigenvalue weighted by Gasteiger charge is -2.05. The molecule has 3 nitrogen and oxygen atoms in total. The van der Waals surface area contributed by atoms with Crippen molar-refractivity contribution < 1.29 is 17.0 Å². The Hall–Kier alpha value is -2.29.